The molecule has 0 fully saturated rings. The molecule has 10 heteroatoms. The molecular weight excluding hydrogens is 501 g/mol. The second-order valence-corrected chi connectivity index (χ2v) is 9.65. The van der Waals surface area contributed by atoms with Crippen LogP contribution in [0.1, 0.15) is 44.9 Å². The molecule has 0 bridgehead atoms. The lowest BCUT2D eigenvalue weighted by Gasteiger charge is -2.38. The number of carbonyl (C=O) groups is 2. The van der Waals surface area contributed by atoms with E-state index >= 15 is 0 Å². The van der Waals surface area contributed by atoms with Crippen LogP contribution in [0.4, 0.5) is 19.0 Å². The van der Waals surface area contributed by atoms with Gasteiger partial charge >= 0.3 is 6.18 Å². The first-order valence-corrected chi connectivity index (χ1v) is 12.6. The van der Waals surface area contributed by atoms with Gasteiger partial charge in [-0.3, -0.25) is 14.5 Å². The third kappa shape index (κ3) is 4.42. The van der Waals surface area contributed by atoms with Crippen LogP contribution in [-0.4, -0.2) is 34.2 Å². The van der Waals surface area contributed by atoms with Crippen LogP contribution in [0.3, 0.4) is 0 Å². The van der Waals surface area contributed by atoms with Crippen molar-refractivity contribution in [1.29, 1.82) is 0 Å². The minimum atomic E-state index is -4.59. The quantitative estimate of drug-likeness (QED) is 0.372. The van der Waals surface area contributed by atoms with Gasteiger partial charge in [0.15, 0.2) is 0 Å². The van der Waals surface area contributed by atoms with Crippen molar-refractivity contribution in [3.05, 3.63) is 99.4 Å². The van der Waals surface area contributed by atoms with Gasteiger partial charge in [0.1, 0.15) is 11.9 Å². The molecule has 0 saturated heterocycles. The zero-order valence-corrected chi connectivity index (χ0v) is 20.8. The first-order valence-electron chi connectivity index (χ1n) is 11.7. The van der Waals surface area contributed by atoms with Gasteiger partial charge in [-0.2, -0.15) is 18.3 Å². The summed E-state index contributed by atoms with van der Waals surface area (Å²) < 4.78 is 41.5. The molecule has 2 atom stereocenters. The lowest BCUT2D eigenvalue weighted by atomic mass is 9.85. The molecule has 4 aromatic rings. The highest BCUT2D eigenvalue weighted by molar-refractivity contribution is 7.10. The summed E-state index contributed by atoms with van der Waals surface area (Å²) in [6.45, 7) is 4.00. The number of rotatable bonds is 5. The maximum atomic E-state index is 13.9. The normalized spacial score (nSPS) is 17.5. The molecule has 1 unspecified atom stereocenters. The van der Waals surface area contributed by atoms with Gasteiger partial charge < -0.3 is 5.32 Å². The highest BCUT2D eigenvalue weighted by Gasteiger charge is 2.46. The number of aromatic nitrogens is 2. The predicted octanol–water partition coefficient (Wildman–Crippen LogP) is 5.56. The van der Waals surface area contributed by atoms with E-state index in [9.17, 15) is 22.8 Å². The number of fused-ring (bicyclic) bond motifs is 1. The molecule has 0 radical (unpaired) electrons. The van der Waals surface area contributed by atoms with Crippen molar-refractivity contribution in [1.82, 2.24) is 15.1 Å². The molecule has 0 aliphatic carbocycles. The predicted molar refractivity (Wildman–Crippen MR) is 135 cm³/mol. The molecule has 190 valence electrons. The van der Waals surface area contributed by atoms with Crippen molar-refractivity contribution in [2.45, 2.75) is 32.0 Å². The molecule has 5 rings (SSSR count). The number of anilines is 1. The number of hydrogen-bond donors (Lipinski definition) is 1. The number of nitrogens with one attached hydrogen (secondary N) is 1. The second kappa shape index (κ2) is 9.51. The number of amides is 2. The van der Waals surface area contributed by atoms with E-state index in [2.05, 4.69) is 5.32 Å². The second-order valence-electron chi connectivity index (χ2n) is 8.68. The summed E-state index contributed by atoms with van der Waals surface area (Å²) >= 11 is 1.44. The van der Waals surface area contributed by atoms with E-state index in [1.54, 1.807) is 9.58 Å². The number of hydrogen-bond acceptors (Lipinski definition) is 4. The zero-order valence-electron chi connectivity index (χ0n) is 20.0. The average Bonchev–Trinajstić information content (AvgIpc) is 3.53. The Morgan fingerprint density at radius 1 is 1.08 bits per heavy atom. The molecule has 3 heterocycles. The Balaban J connectivity index is 1.62. The van der Waals surface area contributed by atoms with Gasteiger partial charge in [-0.15, -0.1) is 11.3 Å². The van der Waals surface area contributed by atoms with Crippen molar-refractivity contribution in [2.75, 3.05) is 11.4 Å². The highest BCUT2D eigenvalue weighted by Crippen LogP contribution is 2.44. The summed E-state index contributed by atoms with van der Waals surface area (Å²) in [5.74, 6) is -1.04. The van der Waals surface area contributed by atoms with Crippen LogP contribution >= 0.6 is 11.3 Å². The number of carbonyl (C=O) groups excluding carboxylic acids is 2. The van der Waals surface area contributed by atoms with Crippen molar-refractivity contribution < 1.29 is 22.8 Å². The van der Waals surface area contributed by atoms with Crippen LogP contribution in [0.5, 0.6) is 0 Å². The summed E-state index contributed by atoms with van der Waals surface area (Å²) in [7, 11) is 0. The third-order valence-corrected chi connectivity index (χ3v) is 7.37. The first-order chi connectivity index (χ1) is 17.7. The Labute approximate surface area is 215 Å². The smallest absolute Gasteiger partial charge is 0.339 e. The third-order valence-electron chi connectivity index (χ3n) is 6.42. The number of likely N-dealkylation sites (N-methyl/N-ethyl adjacent to an activating group) is 1. The number of nitrogens with zero attached hydrogens (tertiary/aromatic N) is 3. The molecule has 1 aliphatic rings. The van der Waals surface area contributed by atoms with E-state index in [1.807, 2.05) is 61.7 Å². The number of halogens is 3. The summed E-state index contributed by atoms with van der Waals surface area (Å²) in [5, 5.41) is 9.39. The molecule has 2 amide bonds. The topological polar surface area (TPSA) is 67.2 Å². The lowest BCUT2D eigenvalue weighted by molar-refractivity contribution is -0.137. The fourth-order valence-corrected chi connectivity index (χ4v) is 5.64. The molecular formula is C27H23F3N4O2S. The van der Waals surface area contributed by atoms with Crippen LogP contribution in [0.25, 0.3) is 5.69 Å². The summed E-state index contributed by atoms with van der Waals surface area (Å²) in [6, 6.07) is 16.4. The van der Waals surface area contributed by atoms with E-state index in [0.717, 1.165) is 28.3 Å². The van der Waals surface area contributed by atoms with Crippen molar-refractivity contribution in [3.8, 4) is 5.69 Å². The van der Waals surface area contributed by atoms with Gasteiger partial charge in [0.25, 0.3) is 11.8 Å². The lowest BCUT2D eigenvalue weighted by Crippen LogP contribution is -2.55. The van der Waals surface area contributed by atoms with Crippen molar-refractivity contribution in [2.24, 2.45) is 0 Å². The number of aryl methyl sites for hydroxylation is 1. The minimum Gasteiger partial charge on any atom is -0.339 e. The summed E-state index contributed by atoms with van der Waals surface area (Å²) in [6.07, 6.45) is -4.59. The maximum Gasteiger partial charge on any atom is 0.416 e. The Bertz CT molecular complexity index is 1450. The average molecular weight is 525 g/mol. The Morgan fingerprint density at radius 2 is 1.84 bits per heavy atom. The van der Waals surface area contributed by atoms with Crippen LogP contribution in [-0.2, 0) is 11.0 Å². The number of benzene rings is 2. The minimum absolute atomic E-state index is 0.168. The maximum absolute atomic E-state index is 13.9. The van der Waals surface area contributed by atoms with E-state index in [1.165, 1.54) is 23.5 Å². The fourth-order valence-electron chi connectivity index (χ4n) is 4.77. The van der Waals surface area contributed by atoms with Crippen molar-refractivity contribution in [3.63, 3.8) is 0 Å². The standard InChI is InChI=1S/C27H23F3N4O2S/c1-3-33-25-21(16(2)32-34(25)19-11-5-4-6-12-19)22(20-13-8-14-37-20)23(26(33)36)31-24(35)17-9-7-10-18(15-17)27(28,29)30/h4-15,22-23H,3H2,1-2H3,(H,31,35)/t22-,23?/m0/s1. The molecule has 1 N–H and O–H groups in total. The molecule has 6 nitrogen and oxygen atoms in total. The van der Waals surface area contributed by atoms with E-state index in [0.29, 0.717) is 18.1 Å². The van der Waals surface area contributed by atoms with Gasteiger partial charge in [0.2, 0.25) is 0 Å². The summed E-state index contributed by atoms with van der Waals surface area (Å²) in [5.41, 5.74) is 1.18. The molecule has 37 heavy (non-hydrogen) atoms. The van der Waals surface area contributed by atoms with Crippen molar-refractivity contribution >= 4 is 29.0 Å². The Kier molecular flexibility index (Phi) is 6.36. The van der Waals surface area contributed by atoms with Gasteiger partial charge in [0.05, 0.1) is 22.9 Å². The van der Waals surface area contributed by atoms with Crippen LogP contribution in [0.15, 0.2) is 72.1 Å². The highest BCUT2D eigenvalue weighted by atomic mass is 32.1. The van der Waals surface area contributed by atoms with Gasteiger partial charge in [-0.25, -0.2) is 4.68 Å². The van der Waals surface area contributed by atoms with E-state index in [4.69, 9.17) is 5.10 Å². The molecule has 1 aliphatic heterocycles. The molecule has 0 spiro atoms. The fraction of sp³-hybridized carbons (Fsp3) is 0.222. The largest absolute Gasteiger partial charge is 0.416 e. The van der Waals surface area contributed by atoms with Crippen LogP contribution in [0, 0.1) is 6.92 Å². The summed E-state index contributed by atoms with van der Waals surface area (Å²) in [4.78, 5) is 29.5. The number of para-hydroxylation sites is 1. The van der Waals surface area contributed by atoms with E-state index in [-0.39, 0.29) is 11.5 Å². The zero-order chi connectivity index (χ0) is 26.3. The monoisotopic (exact) mass is 524 g/mol. The van der Waals surface area contributed by atoms with E-state index < -0.39 is 29.6 Å². The van der Waals surface area contributed by atoms with Gasteiger partial charge in [-0.05, 0) is 55.6 Å². The molecule has 0 saturated carbocycles. The van der Waals surface area contributed by atoms with Gasteiger partial charge in [-0.1, -0.05) is 30.3 Å². The van der Waals surface area contributed by atoms with Gasteiger partial charge in [0, 0.05) is 22.5 Å². The molecule has 2 aromatic heterocycles. The number of alkyl halides is 3. The first kappa shape index (κ1) is 24.8. The van der Waals surface area contributed by atoms with Crippen LogP contribution < -0.4 is 10.2 Å². The Hall–Kier alpha value is -3.92. The number of thiophene rings is 1. The Morgan fingerprint density at radius 3 is 2.49 bits per heavy atom. The SMILES string of the molecule is CCN1C(=O)C(NC(=O)c2cccc(C(F)(F)F)c2)[C@@H](c2cccs2)c2c(C)nn(-c3ccccc3)c21. The molecule has 2 aromatic carbocycles. The van der Waals surface area contributed by atoms with Crippen LogP contribution in [0.2, 0.25) is 0 Å².